The van der Waals surface area contributed by atoms with E-state index in [0.29, 0.717) is 10.9 Å². The van der Waals surface area contributed by atoms with Crippen LogP contribution in [0.5, 0.6) is 0 Å². The molecule has 0 saturated carbocycles. The number of hydrogen-bond acceptors (Lipinski definition) is 3. The zero-order valence-corrected chi connectivity index (χ0v) is 11.2. The average Bonchev–Trinajstić information content (AvgIpc) is 3.02. The minimum absolute atomic E-state index is 0.409. The van der Waals surface area contributed by atoms with E-state index in [1.807, 2.05) is 6.07 Å². The van der Waals surface area contributed by atoms with Crippen molar-refractivity contribution in [2.45, 2.75) is 25.4 Å². The van der Waals surface area contributed by atoms with Gasteiger partial charge in [0.05, 0.1) is 0 Å². The molecule has 3 nitrogen and oxygen atoms in total. The van der Waals surface area contributed by atoms with E-state index in [9.17, 15) is 4.79 Å². The number of benzene rings is 1. The number of hydrogen-bond donors (Lipinski definition) is 2. The predicted molar refractivity (Wildman–Crippen MR) is 75.8 cm³/mol. The van der Waals surface area contributed by atoms with Gasteiger partial charge in [0.15, 0.2) is 0 Å². The second kappa shape index (κ2) is 5.15. The Morgan fingerprint density at radius 3 is 2.47 bits per heavy atom. The summed E-state index contributed by atoms with van der Waals surface area (Å²) in [4.78, 5) is 12.3. The lowest BCUT2D eigenvalue weighted by molar-refractivity contribution is 0.0702. The summed E-state index contributed by atoms with van der Waals surface area (Å²) in [7, 11) is 0. The van der Waals surface area contributed by atoms with Crippen LogP contribution in [0.25, 0.3) is 0 Å². The highest BCUT2D eigenvalue weighted by atomic mass is 32.1. The number of nitrogens with one attached hydrogen (secondary N) is 1. The van der Waals surface area contributed by atoms with Gasteiger partial charge in [-0.15, -0.1) is 11.3 Å². The molecule has 0 amide bonds. The van der Waals surface area contributed by atoms with Crippen molar-refractivity contribution in [2.75, 3.05) is 0 Å². The molecule has 1 aliphatic carbocycles. The predicted octanol–water partition coefficient (Wildman–Crippen LogP) is 2.70. The summed E-state index contributed by atoms with van der Waals surface area (Å²) in [6.07, 6.45) is 2.13. The summed E-state index contributed by atoms with van der Waals surface area (Å²) < 4.78 is 0. The Morgan fingerprint density at radius 2 is 1.89 bits per heavy atom. The van der Waals surface area contributed by atoms with Crippen molar-refractivity contribution in [3.8, 4) is 0 Å². The first kappa shape index (κ1) is 12.4. The molecule has 98 valence electrons. The largest absolute Gasteiger partial charge is 0.477 e. The summed E-state index contributed by atoms with van der Waals surface area (Å²) in [6.45, 7) is 0.747. The summed E-state index contributed by atoms with van der Waals surface area (Å²) in [5.74, 6) is -0.843. The number of rotatable bonds is 4. The molecule has 1 aromatic carbocycles. The van der Waals surface area contributed by atoms with E-state index in [0.717, 1.165) is 24.3 Å². The third-order valence-electron chi connectivity index (χ3n) is 3.49. The second-order valence-electron chi connectivity index (χ2n) is 4.83. The fraction of sp³-hybridized carbons (Fsp3) is 0.267. The first-order valence-electron chi connectivity index (χ1n) is 6.34. The number of carboxylic acid groups (broad SMARTS) is 1. The van der Waals surface area contributed by atoms with Gasteiger partial charge in [0.1, 0.15) is 4.88 Å². The Morgan fingerprint density at radius 1 is 1.21 bits per heavy atom. The van der Waals surface area contributed by atoms with E-state index in [4.69, 9.17) is 5.11 Å². The van der Waals surface area contributed by atoms with Crippen LogP contribution in [0.15, 0.2) is 36.4 Å². The smallest absolute Gasteiger partial charge is 0.345 e. The zero-order chi connectivity index (χ0) is 13.2. The van der Waals surface area contributed by atoms with Gasteiger partial charge in [-0.2, -0.15) is 0 Å². The molecule has 19 heavy (non-hydrogen) atoms. The van der Waals surface area contributed by atoms with Crippen LogP contribution in [-0.4, -0.2) is 17.1 Å². The van der Waals surface area contributed by atoms with Crippen LogP contribution in [0.3, 0.4) is 0 Å². The Bertz CT molecular complexity index is 581. The van der Waals surface area contributed by atoms with Crippen molar-refractivity contribution in [1.82, 2.24) is 5.32 Å². The minimum atomic E-state index is -0.843. The van der Waals surface area contributed by atoms with Crippen molar-refractivity contribution >= 4 is 17.3 Å². The number of carboxylic acids is 1. The van der Waals surface area contributed by atoms with E-state index < -0.39 is 5.97 Å². The first-order valence-corrected chi connectivity index (χ1v) is 7.16. The van der Waals surface area contributed by atoms with Crippen LogP contribution in [0.1, 0.15) is 25.7 Å². The zero-order valence-electron chi connectivity index (χ0n) is 10.4. The molecule has 0 saturated heterocycles. The lowest BCUT2D eigenvalue weighted by Gasteiger charge is -2.10. The number of fused-ring (bicyclic) bond motifs is 1. The molecule has 2 aromatic rings. The molecule has 0 atom stereocenters. The molecule has 4 heteroatoms. The van der Waals surface area contributed by atoms with E-state index in [2.05, 4.69) is 29.6 Å². The minimum Gasteiger partial charge on any atom is -0.477 e. The third kappa shape index (κ3) is 2.69. The molecule has 1 aromatic heterocycles. The summed E-state index contributed by atoms with van der Waals surface area (Å²) in [5.41, 5.74) is 2.86. The van der Waals surface area contributed by atoms with Crippen molar-refractivity contribution in [3.05, 3.63) is 57.3 Å². The quantitative estimate of drug-likeness (QED) is 0.900. The van der Waals surface area contributed by atoms with Gasteiger partial charge >= 0.3 is 5.97 Å². The number of thiophene rings is 1. The van der Waals surface area contributed by atoms with E-state index in [1.165, 1.54) is 22.5 Å². The normalized spacial score (nSPS) is 14.5. The van der Waals surface area contributed by atoms with Gasteiger partial charge in [-0.3, -0.25) is 0 Å². The molecular formula is C15H15NO2S. The van der Waals surface area contributed by atoms with Crippen molar-refractivity contribution in [1.29, 1.82) is 0 Å². The van der Waals surface area contributed by atoms with Crippen LogP contribution in [0, 0.1) is 0 Å². The van der Waals surface area contributed by atoms with Crippen LogP contribution in [0.2, 0.25) is 0 Å². The first-order chi connectivity index (χ1) is 9.22. The van der Waals surface area contributed by atoms with E-state index in [-0.39, 0.29) is 0 Å². The topological polar surface area (TPSA) is 49.3 Å². The highest BCUT2D eigenvalue weighted by Gasteiger charge is 2.20. The highest BCUT2D eigenvalue weighted by molar-refractivity contribution is 7.13. The molecule has 0 aliphatic heterocycles. The molecule has 2 N–H and O–H groups in total. The van der Waals surface area contributed by atoms with Crippen LogP contribution in [0.4, 0.5) is 0 Å². The van der Waals surface area contributed by atoms with Gasteiger partial charge in [0, 0.05) is 17.5 Å². The molecule has 0 fully saturated rings. The Kier molecular flexibility index (Phi) is 3.36. The monoisotopic (exact) mass is 273 g/mol. The Hall–Kier alpha value is -1.65. The third-order valence-corrected chi connectivity index (χ3v) is 4.56. The number of carbonyl (C=O) groups is 1. The van der Waals surface area contributed by atoms with Crippen LogP contribution < -0.4 is 5.32 Å². The van der Waals surface area contributed by atoms with Crippen molar-refractivity contribution in [2.24, 2.45) is 0 Å². The van der Waals surface area contributed by atoms with Crippen molar-refractivity contribution < 1.29 is 9.90 Å². The molecule has 0 unspecified atom stereocenters. The summed E-state index contributed by atoms with van der Waals surface area (Å²) >= 11 is 1.35. The maximum Gasteiger partial charge on any atom is 0.345 e. The van der Waals surface area contributed by atoms with Crippen molar-refractivity contribution in [3.63, 3.8) is 0 Å². The van der Waals surface area contributed by atoms with E-state index >= 15 is 0 Å². The highest BCUT2D eigenvalue weighted by Crippen LogP contribution is 2.22. The van der Waals surface area contributed by atoms with Gasteiger partial charge in [0.2, 0.25) is 0 Å². The molecule has 0 spiro atoms. The van der Waals surface area contributed by atoms with Crippen LogP contribution >= 0.6 is 11.3 Å². The van der Waals surface area contributed by atoms with Gasteiger partial charge in [-0.25, -0.2) is 4.79 Å². The molecule has 3 rings (SSSR count). The molecule has 1 aliphatic rings. The SMILES string of the molecule is O=C(O)c1ccc(CNC2Cc3ccccc3C2)s1. The van der Waals surface area contributed by atoms with Gasteiger partial charge in [0.25, 0.3) is 0 Å². The van der Waals surface area contributed by atoms with Gasteiger partial charge < -0.3 is 10.4 Å². The maximum atomic E-state index is 10.8. The lowest BCUT2D eigenvalue weighted by atomic mass is 10.1. The summed E-state index contributed by atoms with van der Waals surface area (Å²) in [5, 5.41) is 12.4. The molecule has 1 heterocycles. The Labute approximate surface area is 115 Å². The number of aromatic carboxylic acids is 1. The van der Waals surface area contributed by atoms with Gasteiger partial charge in [-0.1, -0.05) is 24.3 Å². The fourth-order valence-electron chi connectivity index (χ4n) is 2.54. The lowest BCUT2D eigenvalue weighted by Crippen LogP contribution is -2.28. The Balaban J connectivity index is 1.58. The average molecular weight is 273 g/mol. The molecule has 0 radical (unpaired) electrons. The van der Waals surface area contributed by atoms with Crippen LogP contribution in [-0.2, 0) is 19.4 Å². The second-order valence-corrected chi connectivity index (χ2v) is 5.99. The standard InChI is InChI=1S/C15H15NO2S/c17-15(18)14-6-5-13(19-14)9-16-12-7-10-3-1-2-4-11(10)8-12/h1-6,12,16H,7-9H2,(H,17,18). The molecular weight excluding hydrogens is 258 g/mol. The van der Waals surface area contributed by atoms with Gasteiger partial charge in [-0.05, 0) is 36.1 Å². The molecule has 0 bridgehead atoms. The maximum absolute atomic E-state index is 10.8. The fourth-order valence-corrected chi connectivity index (χ4v) is 3.33. The summed E-state index contributed by atoms with van der Waals surface area (Å²) in [6, 6.07) is 12.6. The van der Waals surface area contributed by atoms with E-state index in [1.54, 1.807) is 6.07 Å².